The van der Waals surface area contributed by atoms with Gasteiger partial charge in [0, 0.05) is 29.5 Å². The molecule has 0 unspecified atom stereocenters. The highest BCUT2D eigenvalue weighted by Gasteiger charge is 2.48. The van der Waals surface area contributed by atoms with Gasteiger partial charge < -0.3 is 9.08 Å². The highest BCUT2D eigenvalue weighted by atomic mass is 32.2. The van der Waals surface area contributed by atoms with Gasteiger partial charge in [0.05, 0.1) is 5.52 Å². The van der Waals surface area contributed by atoms with E-state index >= 15 is 0 Å². The topological polar surface area (TPSA) is 59.5 Å². The molecule has 0 radical (unpaired) electrons. The zero-order valence-electron chi connectivity index (χ0n) is 13.4. The van der Waals surface area contributed by atoms with Crippen LogP contribution in [0.1, 0.15) is 13.8 Å². The lowest BCUT2D eigenvalue weighted by atomic mass is 10.2. The van der Waals surface area contributed by atoms with Crippen molar-refractivity contribution in [3.8, 4) is 5.88 Å². The molecule has 0 aliphatic heterocycles. The first-order valence-electron chi connectivity index (χ1n) is 7.01. The Labute approximate surface area is 143 Å². The normalized spacial score (nSPS) is 11.9. The van der Waals surface area contributed by atoms with Crippen LogP contribution in [0.5, 0.6) is 5.88 Å². The summed E-state index contributed by atoms with van der Waals surface area (Å²) in [6.07, 6.45) is 3.46. The van der Waals surface area contributed by atoms with Gasteiger partial charge in [-0.1, -0.05) is 12.2 Å². The van der Waals surface area contributed by atoms with Crippen molar-refractivity contribution < 1.29 is 25.8 Å². The number of alkyl halides is 3. The molecule has 0 atom stereocenters. The third kappa shape index (κ3) is 4.30. The molecule has 0 aliphatic carbocycles. The molecule has 1 aromatic carbocycles. The Bertz CT molecular complexity index is 933. The molecule has 25 heavy (non-hydrogen) atoms. The van der Waals surface area contributed by atoms with Crippen LogP contribution in [-0.4, -0.2) is 18.9 Å². The molecule has 0 saturated heterocycles. The molecule has 0 aliphatic rings. The molecule has 0 saturated carbocycles. The Kier molecular flexibility index (Phi) is 5.07. The number of anilines is 1. The van der Waals surface area contributed by atoms with Gasteiger partial charge in [0.25, 0.3) is 0 Å². The molecule has 134 valence electrons. The maximum Gasteiger partial charge on any atom is 0.534 e. The largest absolute Gasteiger partial charge is 0.534 e. The molecule has 2 aromatic rings. The van der Waals surface area contributed by atoms with E-state index in [9.17, 15) is 21.6 Å². The molecule has 9 heteroatoms. The van der Waals surface area contributed by atoms with Crippen molar-refractivity contribution in [3.63, 3.8) is 0 Å². The SMILES string of the molecule is C=CN(C=C(C)C)c1ccc2nc(OS(=O)(=O)C(F)(F)F)ccc2c1. The first kappa shape index (κ1) is 18.8. The number of allylic oxidation sites excluding steroid dienone is 1. The van der Waals surface area contributed by atoms with Gasteiger partial charge >= 0.3 is 15.6 Å². The molecule has 2 rings (SSSR count). The Balaban J connectivity index is 2.39. The maximum atomic E-state index is 12.4. The van der Waals surface area contributed by atoms with Crippen LogP contribution in [0.2, 0.25) is 0 Å². The average molecular weight is 372 g/mol. The second kappa shape index (κ2) is 6.75. The lowest BCUT2D eigenvalue weighted by molar-refractivity contribution is -0.0501. The van der Waals surface area contributed by atoms with Gasteiger partial charge in [-0.15, -0.1) is 0 Å². The van der Waals surface area contributed by atoms with Crippen LogP contribution in [0, 0.1) is 0 Å². The first-order valence-corrected chi connectivity index (χ1v) is 8.42. The van der Waals surface area contributed by atoms with Gasteiger partial charge in [-0.25, -0.2) is 4.98 Å². The van der Waals surface area contributed by atoms with Gasteiger partial charge in [0.1, 0.15) is 0 Å². The summed E-state index contributed by atoms with van der Waals surface area (Å²) < 4.78 is 63.2. The number of rotatable bonds is 5. The number of hydrogen-bond donors (Lipinski definition) is 0. The van der Waals surface area contributed by atoms with Crippen molar-refractivity contribution >= 4 is 26.7 Å². The van der Waals surface area contributed by atoms with E-state index in [4.69, 9.17) is 0 Å². The number of benzene rings is 1. The fourth-order valence-corrected chi connectivity index (χ4v) is 2.38. The third-order valence-electron chi connectivity index (χ3n) is 3.02. The monoisotopic (exact) mass is 372 g/mol. The second-order valence-electron chi connectivity index (χ2n) is 5.31. The smallest absolute Gasteiger partial charge is 0.355 e. The van der Waals surface area contributed by atoms with Crippen LogP contribution in [0.15, 0.2) is 54.9 Å². The standard InChI is InChI=1S/C16H15F3N2O3S/c1-4-21(10-11(2)3)13-6-7-14-12(9-13)5-8-15(20-14)24-25(22,23)16(17,18)19/h4-10H,1H2,2-3H3. The zero-order valence-corrected chi connectivity index (χ0v) is 14.2. The summed E-state index contributed by atoms with van der Waals surface area (Å²) in [6, 6.07) is 7.46. The predicted molar refractivity (Wildman–Crippen MR) is 89.5 cm³/mol. The summed E-state index contributed by atoms with van der Waals surface area (Å²) in [7, 11) is -5.75. The lowest BCUT2D eigenvalue weighted by Crippen LogP contribution is -2.28. The number of nitrogens with zero attached hydrogens (tertiary/aromatic N) is 2. The Morgan fingerprint density at radius 1 is 1.24 bits per heavy atom. The second-order valence-corrected chi connectivity index (χ2v) is 6.84. The number of hydrogen-bond acceptors (Lipinski definition) is 5. The third-order valence-corrected chi connectivity index (χ3v) is 3.98. The van der Waals surface area contributed by atoms with Gasteiger partial charge in [-0.3, -0.25) is 0 Å². The van der Waals surface area contributed by atoms with Crippen molar-refractivity contribution in [2.45, 2.75) is 19.4 Å². The Morgan fingerprint density at radius 2 is 1.92 bits per heavy atom. The van der Waals surface area contributed by atoms with E-state index < -0.39 is 21.5 Å². The van der Waals surface area contributed by atoms with Crippen LogP contribution >= 0.6 is 0 Å². The quantitative estimate of drug-likeness (QED) is 0.577. The van der Waals surface area contributed by atoms with E-state index in [0.29, 0.717) is 10.9 Å². The fourth-order valence-electron chi connectivity index (χ4n) is 1.97. The van der Waals surface area contributed by atoms with E-state index in [0.717, 1.165) is 17.3 Å². The van der Waals surface area contributed by atoms with Crippen LogP contribution in [0.4, 0.5) is 18.9 Å². The van der Waals surface area contributed by atoms with E-state index in [1.807, 2.05) is 20.0 Å². The summed E-state index contributed by atoms with van der Waals surface area (Å²) in [4.78, 5) is 5.57. The van der Waals surface area contributed by atoms with Gasteiger partial charge in [0.2, 0.25) is 5.88 Å². The molecule has 0 fully saturated rings. The number of aromatic nitrogens is 1. The Morgan fingerprint density at radius 3 is 2.48 bits per heavy atom. The molecule has 5 nitrogen and oxygen atoms in total. The summed E-state index contributed by atoms with van der Waals surface area (Å²) in [5.74, 6) is -0.651. The summed E-state index contributed by atoms with van der Waals surface area (Å²) >= 11 is 0. The van der Waals surface area contributed by atoms with E-state index in [2.05, 4.69) is 15.7 Å². The van der Waals surface area contributed by atoms with Crippen molar-refractivity contribution in [1.82, 2.24) is 4.98 Å². The molecule has 0 amide bonds. The van der Waals surface area contributed by atoms with Crippen LogP contribution in [-0.2, 0) is 10.1 Å². The summed E-state index contributed by atoms with van der Waals surface area (Å²) in [5.41, 5.74) is -3.41. The molecule has 0 N–H and O–H groups in total. The van der Waals surface area contributed by atoms with Crippen molar-refractivity contribution in [2.75, 3.05) is 4.90 Å². The lowest BCUT2D eigenvalue weighted by Gasteiger charge is -2.16. The van der Waals surface area contributed by atoms with Gasteiger partial charge in [0.15, 0.2) is 0 Å². The average Bonchev–Trinajstić information content (AvgIpc) is 2.50. The van der Waals surface area contributed by atoms with Crippen molar-refractivity contribution in [1.29, 1.82) is 0 Å². The summed E-state index contributed by atoms with van der Waals surface area (Å²) in [5, 5.41) is 0.600. The molecule has 1 heterocycles. The van der Waals surface area contributed by atoms with E-state index in [-0.39, 0.29) is 0 Å². The van der Waals surface area contributed by atoms with Crippen molar-refractivity contribution in [2.24, 2.45) is 0 Å². The molecule has 0 bridgehead atoms. The van der Waals surface area contributed by atoms with E-state index in [1.165, 1.54) is 6.07 Å². The van der Waals surface area contributed by atoms with Crippen molar-refractivity contribution in [3.05, 3.63) is 54.9 Å². The molecule has 1 aromatic heterocycles. The van der Waals surface area contributed by atoms with Crippen LogP contribution in [0.25, 0.3) is 10.9 Å². The highest BCUT2D eigenvalue weighted by molar-refractivity contribution is 7.87. The predicted octanol–water partition coefficient (Wildman–Crippen LogP) is 4.34. The number of fused-ring (bicyclic) bond motifs is 1. The van der Waals surface area contributed by atoms with Gasteiger partial charge in [-0.2, -0.15) is 21.6 Å². The zero-order chi connectivity index (χ0) is 18.8. The summed E-state index contributed by atoms with van der Waals surface area (Å²) in [6.45, 7) is 7.56. The highest BCUT2D eigenvalue weighted by Crippen LogP contribution is 2.28. The minimum atomic E-state index is -5.75. The fraction of sp³-hybridized carbons (Fsp3) is 0.188. The number of halogens is 3. The minimum Gasteiger partial charge on any atom is -0.355 e. The minimum absolute atomic E-state index is 0.292. The molecule has 0 spiro atoms. The molecular formula is C16H15F3N2O3S. The van der Waals surface area contributed by atoms with E-state index in [1.54, 1.807) is 29.3 Å². The maximum absolute atomic E-state index is 12.4. The first-order chi connectivity index (χ1) is 11.5. The van der Waals surface area contributed by atoms with Gasteiger partial charge in [-0.05, 0) is 38.1 Å². The van der Waals surface area contributed by atoms with Crippen LogP contribution in [0.3, 0.4) is 0 Å². The van der Waals surface area contributed by atoms with Crippen LogP contribution < -0.4 is 9.08 Å². The number of pyridine rings is 1. The molecular weight excluding hydrogens is 357 g/mol. The Hall–Kier alpha value is -2.55.